The molecule has 12 heavy (non-hydrogen) atoms. The first-order chi connectivity index (χ1) is 6.58. The Hall–Kier alpha value is -1.70. The molecule has 0 aliphatic carbocycles. The molecule has 2 rings (SSSR count). The van der Waals surface area contributed by atoms with Crippen molar-refractivity contribution in [3.05, 3.63) is 36.4 Å². The number of phenols is 1. The molecule has 0 atom stereocenters. The topological polar surface area (TPSA) is 46.2 Å². The standard InChI is InChI=1S/C10H9NO/c11-8-5-1-3-7-4-2-6-9(12)10(7)8/h1-6,12H,11H2/i1D,2D. The van der Waals surface area contributed by atoms with Gasteiger partial charge in [0.1, 0.15) is 5.75 Å². The molecule has 2 aromatic rings. The molecular formula is C10H9NO. The highest BCUT2D eigenvalue weighted by atomic mass is 16.3. The Morgan fingerprint density at radius 2 is 1.83 bits per heavy atom. The first-order valence-corrected chi connectivity index (χ1v) is 3.57. The van der Waals surface area contributed by atoms with E-state index in [-0.39, 0.29) is 17.8 Å². The van der Waals surface area contributed by atoms with Crippen molar-refractivity contribution in [1.29, 1.82) is 0 Å². The average Bonchev–Trinajstić information content (AvgIpc) is 1.99. The van der Waals surface area contributed by atoms with E-state index in [1.54, 1.807) is 12.1 Å². The van der Waals surface area contributed by atoms with Crippen molar-refractivity contribution in [2.24, 2.45) is 0 Å². The van der Waals surface area contributed by atoms with Gasteiger partial charge in [0.2, 0.25) is 0 Å². The third-order valence-corrected chi connectivity index (χ3v) is 1.77. The summed E-state index contributed by atoms with van der Waals surface area (Å²) in [5.74, 6) is -0.00926. The van der Waals surface area contributed by atoms with E-state index in [9.17, 15) is 5.11 Å². The molecule has 0 spiro atoms. The van der Waals surface area contributed by atoms with Gasteiger partial charge in [-0.05, 0) is 17.5 Å². The molecule has 0 aliphatic rings. The van der Waals surface area contributed by atoms with Gasteiger partial charge < -0.3 is 10.8 Å². The van der Waals surface area contributed by atoms with Crippen LogP contribution >= 0.6 is 0 Å². The molecule has 60 valence electrons. The molecule has 0 unspecified atom stereocenters. The number of nitrogens with two attached hydrogens (primary N) is 1. The summed E-state index contributed by atoms with van der Waals surface area (Å²) in [7, 11) is 0. The Morgan fingerprint density at radius 1 is 1.17 bits per heavy atom. The van der Waals surface area contributed by atoms with Crippen molar-refractivity contribution in [2.45, 2.75) is 0 Å². The van der Waals surface area contributed by atoms with E-state index in [1.807, 2.05) is 0 Å². The van der Waals surface area contributed by atoms with Gasteiger partial charge in [-0.1, -0.05) is 24.2 Å². The zero-order valence-corrected chi connectivity index (χ0v) is 6.33. The Balaban J connectivity index is 2.94. The van der Waals surface area contributed by atoms with E-state index in [2.05, 4.69) is 0 Å². The number of hydrogen-bond acceptors (Lipinski definition) is 2. The summed E-state index contributed by atoms with van der Waals surface area (Å²) in [6, 6.07) is 6.45. The van der Waals surface area contributed by atoms with Gasteiger partial charge in [0.05, 0.1) is 2.74 Å². The van der Waals surface area contributed by atoms with E-state index < -0.39 is 0 Å². The summed E-state index contributed by atoms with van der Waals surface area (Å²) in [6.45, 7) is 0. The predicted molar refractivity (Wildman–Crippen MR) is 50.0 cm³/mol. The van der Waals surface area contributed by atoms with Crippen LogP contribution in [-0.4, -0.2) is 5.11 Å². The Morgan fingerprint density at radius 3 is 2.58 bits per heavy atom. The van der Waals surface area contributed by atoms with Crippen molar-refractivity contribution in [2.75, 3.05) is 5.73 Å². The van der Waals surface area contributed by atoms with Crippen LogP contribution in [0.4, 0.5) is 5.69 Å². The fourth-order valence-corrected chi connectivity index (χ4v) is 1.22. The molecule has 0 amide bonds. The average molecular weight is 161 g/mol. The SMILES string of the molecule is [2H]c1cc(N)c2c(O)cc([2H])cc2c1. The molecule has 0 saturated carbocycles. The molecule has 3 N–H and O–H groups in total. The Labute approximate surface area is 73.1 Å². The zero-order chi connectivity index (χ0) is 10.3. The summed E-state index contributed by atoms with van der Waals surface area (Å²) in [5.41, 5.74) is 6.03. The van der Waals surface area contributed by atoms with E-state index >= 15 is 0 Å². The lowest BCUT2D eigenvalue weighted by Crippen LogP contribution is -1.85. The highest BCUT2D eigenvalue weighted by molar-refractivity contribution is 5.97. The number of rotatable bonds is 0. The molecule has 0 fully saturated rings. The lowest BCUT2D eigenvalue weighted by Gasteiger charge is -2.02. The second-order valence-electron chi connectivity index (χ2n) is 2.58. The van der Waals surface area contributed by atoms with Crippen molar-refractivity contribution < 1.29 is 7.85 Å². The van der Waals surface area contributed by atoms with Gasteiger partial charge in [-0.15, -0.1) is 0 Å². The van der Waals surface area contributed by atoms with Crippen LogP contribution in [-0.2, 0) is 0 Å². The molecular weight excluding hydrogens is 150 g/mol. The van der Waals surface area contributed by atoms with E-state index in [4.69, 9.17) is 8.48 Å². The fraction of sp³-hybridized carbons (Fsp3) is 0. The number of nitrogen functional groups attached to an aromatic ring is 1. The van der Waals surface area contributed by atoms with Crippen molar-refractivity contribution in [3.8, 4) is 5.75 Å². The summed E-state index contributed by atoms with van der Waals surface area (Å²) in [4.78, 5) is 0. The largest absolute Gasteiger partial charge is 0.507 e. The molecule has 0 radical (unpaired) electrons. The first kappa shape index (κ1) is 5.04. The summed E-state index contributed by atoms with van der Waals surface area (Å²) >= 11 is 0. The second kappa shape index (κ2) is 2.41. The Kier molecular flexibility index (Phi) is 1.01. The lowest BCUT2D eigenvalue weighted by atomic mass is 10.1. The third-order valence-electron chi connectivity index (χ3n) is 1.77. The molecule has 0 aromatic heterocycles. The lowest BCUT2D eigenvalue weighted by molar-refractivity contribution is 0.482. The zero-order valence-electron chi connectivity index (χ0n) is 8.33. The van der Waals surface area contributed by atoms with Gasteiger partial charge in [-0.2, -0.15) is 0 Å². The summed E-state index contributed by atoms with van der Waals surface area (Å²) < 4.78 is 14.8. The molecule has 0 aliphatic heterocycles. The van der Waals surface area contributed by atoms with Crippen molar-refractivity contribution in [1.82, 2.24) is 0 Å². The van der Waals surface area contributed by atoms with Crippen LogP contribution in [0.15, 0.2) is 36.4 Å². The van der Waals surface area contributed by atoms with Gasteiger partial charge in [0.25, 0.3) is 0 Å². The van der Waals surface area contributed by atoms with Gasteiger partial charge in [0, 0.05) is 11.1 Å². The van der Waals surface area contributed by atoms with Crippen molar-refractivity contribution in [3.63, 3.8) is 0 Å². The minimum atomic E-state index is -0.00926. The number of phenolic OH excluding ortho intramolecular Hbond substituents is 1. The van der Waals surface area contributed by atoms with Crippen LogP contribution in [0.3, 0.4) is 0 Å². The van der Waals surface area contributed by atoms with Crippen LogP contribution in [0.1, 0.15) is 2.74 Å². The van der Waals surface area contributed by atoms with Gasteiger partial charge in [-0.3, -0.25) is 0 Å². The predicted octanol–water partition coefficient (Wildman–Crippen LogP) is 2.13. The molecule has 0 saturated heterocycles. The van der Waals surface area contributed by atoms with Crippen molar-refractivity contribution >= 4 is 16.5 Å². The minimum Gasteiger partial charge on any atom is -0.507 e. The van der Waals surface area contributed by atoms with E-state index in [1.165, 1.54) is 12.1 Å². The summed E-state index contributed by atoms with van der Waals surface area (Å²) in [6.07, 6.45) is 0. The van der Waals surface area contributed by atoms with Crippen LogP contribution in [0.2, 0.25) is 0 Å². The van der Waals surface area contributed by atoms with E-state index in [0.29, 0.717) is 16.5 Å². The molecule has 2 aromatic carbocycles. The van der Waals surface area contributed by atoms with E-state index in [0.717, 1.165) is 0 Å². The first-order valence-electron chi connectivity index (χ1n) is 4.57. The number of hydrogen-bond donors (Lipinski definition) is 2. The van der Waals surface area contributed by atoms with Gasteiger partial charge >= 0.3 is 0 Å². The minimum absolute atomic E-state index is 0.00926. The van der Waals surface area contributed by atoms with Crippen LogP contribution in [0.25, 0.3) is 10.8 Å². The number of benzene rings is 2. The third kappa shape index (κ3) is 0.889. The monoisotopic (exact) mass is 161 g/mol. The molecule has 0 bridgehead atoms. The summed E-state index contributed by atoms with van der Waals surface area (Å²) in [5, 5.41) is 10.7. The maximum Gasteiger partial charge on any atom is 0.125 e. The van der Waals surface area contributed by atoms with Gasteiger partial charge in [-0.25, -0.2) is 0 Å². The Bertz CT molecular complexity index is 468. The highest BCUT2D eigenvalue weighted by Crippen LogP contribution is 2.28. The van der Waals surface area contributed by atoms with Crippen LogP contribution in [0, 0.1) is 0 Å². The smallest absolute Gasteiger partial charge is 0.125 e. The molecule has 2 heteroatoms. The van der Waals surface area contributed by atoms with Gasteiger partial charge in [0.15, 0.2) is 0 Å². The highest BCUT2D eigenvalue weighted by Gasteiger charge is 2.00. The number of fused-ring (bicyclic) bond motifs is 1. The number of anilines is 1. The normalized spacial score (nSPS) is 12.7. The second-order valence-corrected chi connectivity index (χ2v) is 2.58. The molecule has 0 heterocycles. The van der Waals surface area contributed by atoms with Crippen LogP contribution in [0.5, 0.6) is 5.75 Å². The quantitative estimate of drug-likeness (QED) is 0.581. The number of aromatic hydroxyl groups is 1. The fourth-order valence-electron chi connectivity index (χ4n) is 1.22. The maximum absolute atomic E-state index is 9.56. The maximum atomic E-state index is 9.56. The molecule has 2 nitrogen and oxygen atoms in total. The van der Waals surface area contributed by atoms with Crippen LogP contribution < -0.4 is 5.73 Å².